The quantitative estimate of drug-likeness (QED) is 0.514. The van der Waals surface area contributed by atoms with Crippen molar-refractivity contribution in [3.05, 3.63) is 34.9 Å². The highest BCUT2D eigenvalue weighted by atomic mass is 16.2. The lowest BCUT2D eigenvalue weighted by atomic mass is 10.0. The third-order valence-corrected chi connectivity index (χ3v) is 5.83. The standard InChI is InChI=1S/C22H27N3O5/c1-15-3-4-17(13-16(15)2)18(26)5-6-19(27)23-9-11-24(12-10-23)22(30)14-25-20(28)7-8-21(25)29/h3-4,13H,5-12,14H2,1-2H3. The van der Waals surface area contributed by atoms with Crippen LogP contribution in [-0.4, -0.2) is 76.8 Å². The summed E-state index contributed by atoms with van der Waals surface area (Å²) in [5, 5.41) is 0. The van der Waals surface area contributed by atoms with E-state index in [2.05, 4.69) is 0 Å². The van der Waals surface area contributed by atoms with Crippen molar-refractivity contribution in [2.75, 3.05) is 32.7 Å². The molecule has 2 heterocycles. The molecule has 1 aromatic carbocycles. The number of ketones is 1. The summed E-state index contributed by atoms with van der Waals surface area (Å²) in [4.78, 5) is 64.8. The lowest BCUT2D eigenvalue weighted by molar-refractivity contribution is -0.147. The number of hydrogen-bond donors (Lipinski definition) is 0. The molecule has 0 aromatic heterocycles. The summed E-state index contributed by atoms with van der Waals surface area (Å²) in [5.41, 5.74) is 2.78. The van der Waals surface area contributed by atoms with Crippen LogP contribution in [0.25, 0.3) is 0 Å². The number of hydrogen-bond acceptors (Lipinski definition) is 5. The van der Waals surface area contributed by atoms with E-state index in [1.165, 1.54) is 0 Å². The molecule has 0 spiro atoms. The number of amides is 4. The Labute approximate surface area is 175 Å². The van der Waals surface area contributed by atoms with Crippen LogP contribution < -0.4 is 0 Å². The number of carbonyl (C=O) groups is 5. The van der Waals surface area contributed by atoms with Crippen molar-refractivity contribution in [3.63, 3.8) is 0 Å². The minimum Gasteiger partial charge on any atom is -0.339 e. The zero-order valence-electron chi connectivity index (χ0n) is 17.5. The molecule has 0 N–H and O–H groups in total. The Morgan fingerprint density at radius 3 is 1.93 bits per heavy atom. The molecule has 30 heavy (non-hydrogen) atoms. The zero-order chi connectivity index (χ0) is 21.8. The molecule has 0 unspecified atom stereocenters. The number of likely N-dealkylation sites (tertiary alicyclic amines) is 1. The summed E-state index contributed by atoms with van der Waals surface area (Å²) < 4.78 is 0. The predicted molar refractivity (Wildman–Crippen MR) is 109 cm³/mol. The molecule has 3 rings (SSSR count). The lowest BCUT2D eigenvalue weighted by Crippen LogP contribution is -2.53. The van der Waals surface area contributed by atoms with Crippen LogP contribution in [0, 0.1) is 13.8 Å². The second-order valence-electron chi connectivity index (χ2n) is 7.86. The summed E-state index contributed by atoms with van der Waals surface area (Å²) in [5.74, 6) is -1.06. The highest BCUT2D eigenvalue weighted by molar-refractivity contribution is 6.04. The van der Waals surface area contributed by atoms with Gasteiger partial charge in [0, 0.05) is 57.4 Å². The molecule has 4 amide bonds. The minimum atomic E-state index is -0.310. The summed E-state index contributed by atoms with van der Waals surface area (Å²) >= 11 is 0. The van der Waals surface area contributed by atoms with Crippen molar-refractivity contribution in [2.24, 2.45) is 0 Å². The molecule has 2 aliphatic heterocycles. The maximum Gasteiger partial charge on any atom is 0.242 e. The van der Waals surface area contributed by atoms with Crippen LogP contribution in [0.3, 0.4) is 0 Å². The summed E-state index contributed by atoms with van der Waals surface area (Å²) in [6.07, 6.45) is 0.612. The fourth-order valence-electron chi connectivity index (χ4n) is 3.68. The van der Waals surface area contributed by atoms with E-state index in [0.29, 0.717) is 31.7 Å². The molecule has 0 atom stereocenters. The van der Waals surface area contributed by atoms with Gasteiger partial charge < -0.3 is 9.80 Å². The van der Waals surface area contributed by atoms with Crippen molar-refractivity contribution >= 4 is 29.4 Å². The first-order valence-electron chi connectivity index (χ1n) is 10.3. The maximum absolute atomic E-state index is 12.5. The van der Waals surface area contributed by atoms with Crippen molar-refractivity contribution in [3.8, 4) is 0 Å². The van der Waals surface area contributed by atoms with Gasteiger partial charge in [-0.2, -0.15) is 0 Å². The van der Waals surface area contributed by atoms with Gasteiger partial charge in [-0.25, -0.2) is 0 Å². The van der Waals surface area contributed by atoms with E-state index in [-0.39, 0.29) is 61.6 Å². The van der Waals surface area contributed by atoms with Gasteiger partial charge in [-0.05, 0) is 31.0 Å². The van der Waals surface area contributed by atoms with Gasteiger partial charge in [-0.3, -0.25) is 28.9 Å². The number of carbonyl (C=O) groups excluding carboxylic acids is 5. The average Bonchev–Trinajstić information content (AvgIpc) is 3.05. The Morgan fingerprint density at radius 2 is 1.37 bits per heavy atom. The number of imide groups is 1. The summed E-state index contributed by atoms with van der Waals surface area (Å²) in [7, 11) is 0. The topological polar surface area (TPSA) is 95.1 Å². The van der Waals surface area contributed by atoms with Crippen LogP contribution in [0.5, 0.6) is 0 Å². The third kappa shape index (κ3) is 4.93. The molecule has 8 heteroatoms. The first kappa shape index (κ1) is 21.7. The average molecular weight is 413 g/mol. The van der Waals surface area contributed by atoms with E-state index in [1.807, 2.05) is 26.0 Å². The Kier molecular flexibility index (Phi) is 6.64. The molecule has 2 saturated heterocycles. The van der Waals surface area contributed by atoms with Crippen molar-refractivity contribution in [1.82, 2.24) is 14.7 Å². The molecule has 2 aliphatic rings. The fraction of sp³-hybridized carbons (Fsp3) is 0.500. The van der Waals surface area contributed by atoms with Crippen LogP contribution in [0.4, 0.5) is 0 Å². The highest BCUT2D eigenvalue weighted by Crippen LogP contribution is 2.15. The molecule has 0 bridgehead atoms. The predicted octanol–water partition coefficient (Wildman–Crippen LogP) is 1.09. The Morgan fingerprint density at radius 1 is 0.800 bits per heavy atom. The van der Waals surface area contributed by atoms with Gasteiger partial charge in [-0.1, -0.05) is 12.1 Å². The maximum atomic E-state index is 12.5. The number of aryl methyl sites for hydroxylation is 2. The van der Waals surface area contributed by atoms with Gasteiger partial charge in [-0.15, -0.1) is 0 Å². The van der Waals surface area contributed by atoms with Crippen LogP contribution in [0.1, 0.15) is 47.2 Å². The normalized spacial score (nSPS) is 16.9. The van der Waals surface area contributed by atoms with Gasteiger partial charge in [0.25, 0.3) is 0 Å². The van der Waals surface area contributed by atoms with Gasteiger partial charge in [0.1, 0.15) is 6.54 Å². The van der Waals surface area contributed by atoms with Crippen molar-refractivity contribution < 1.29 is 24.0 Å². The highest BCUT2D eigenvalue weighted by Gasteiger charge is 2.33. The Balaban J connectivity index is 1.44. The SMILES string of the molecule is Cc1ccc(C(=O)CCC(=O)N2CCN(C(=O)CN3C(=O)CCC3=O)CC2)cc1C. The first-order valence-corrected chi connectivity index (χ1v) is 10.3. The van der Waals surface area contributed by atoms with E-state index >= 15 is 0 Å². The van der Waals surface area contributed by atoms with Gasteiger partial charge in [0.2, 0.25) is 23.6 Å². The molecular weight excluding hydrogens is 386 g/mol. The molecule has 2 fully saturated rings. The first-order chi connectivity index (χ1) is 14.3. The molecule has 0 saturated carbocycles. The van der Waals surface area contributed by atoms with E-state index in [9.17, 15) is 24.0 Å². The van der Waals surface area contributed by atoms with Crippen LogP contribution >= 0.6 is 0 Å². The number of Topliss-reactive ketones (excluding diaryl/α,β-unsaturated/α-hetero) is 1. The molecule has 1 aromatic rings. The number of nitrogens with zero attached hydrogens (tertiary/aromatic N) is 3. The Hall–Kier alpha value is -3.03. The number of benzene rings is 1. The molecular formula is C22H27N3O5. The second-order valence-corrected chi connectivity index (χ2v) is 7.86. The van der Waals surface area contributed by atoms with E-state index in [4.69, 9.17) is 0 Å². The van der Waals surface area contributed by atoms with Crippen molar-refractivity contribution in [1.29, 1.82) is 0 Å². The molecule has 160 valence electrons. The fourth-order valence-corrected chi connectivity index (χ4v) is 3.68. The molecule has 0 radical (unpaired) electrons. The van der Waals surface area contributed by atoms with Crippen LogP contribution in [0.2, 0.25) is 0 Å². The second kappa shape index (κ2) is 9.19. The van der Waals surface area contributed by atoms with Crippen LogP contribution in [0.15, 0.2) is 18.2 Å². The molecule has 0 aliphatic carbocycles. The minimum absolute atomic E-state index is 0.0554. The number of rotatable bonds is 6. The van der Waals surface area contributed by atoms with E-state index in [1.54, 1.807) is 15.9 Å². The molecule has 8 nitrogen and oxygen atoms in total. The summed E-state index contributed by atoms with van der Waals surface area (Å²) in [6.45, 7) is 5.18. The van der Waals surface area contributed by atoms with Crippen LogP contribution in [-0.2, 0) is 19.2 Å². The third-order valence-electron chi connectivity index (χ3n) is 5.83. The summed E-state index contributed by atoms with van der Waals surface area (Å²) in [6, 6.07) is 5.54. The zero-order valence-corrected chi connectivity index (χ0v) is 17.5. The van der Waals surface area contributed by atoms with Gasteiger partial charge in [0.15, 0.2) is 5.78 Å². The monoisotopic (exact) mass is 413 g/mol. The van der Waals surface area contributed by atoms with Crippen molar-refractivity contribution in [2.45, 2.75) is 39.5 Å². The smallest absolute Gasteiger partial charge is 0.242 e. The lowest BCUT2D eigenvalue weighted by Gasteiger charge is -2.35. The Bertz CT molecular complexity index is 871. The van der Waals surface area contributed by atoms with Gasteiger partial charge in [0.05, 0.1) is 0 Å². The van der Waals surface area contributed by atoms with Gasteiger partial charge >= 0.3 is 0 Å². The van der Waals surface area contributed by atoms with E-state index < -0.39 is 0 Å². The van der Waals surface area contributed by atoms with E-state index in [0.717, 1.165) is 16.0 Å². The number of piperazine rings is 1. The largest absolute Gasteiger partial charge is 0.339 e.